The molecule has 0 aromatic carbocycles. The molecule has 1 unspecified atom stereocenters. The Labute approximate surface area is 110 Å². The number of pyridine rings is 1. The molecule has 18 heavy (non-hydrogen) atoms. The molecule has 1 aromatic heterocycles. The molecule has 0 saturated heterocycles. The van der Waals surface area contributed by atoms with Gasteiger partial charge in [-0.25, -0.2) is 0 Å². The largest absolute Gasteiger partial charge is 0.387 e. The quantitative estimate of drug-likeness (QED) is 0.888. The van der Waals surface area contributed by atoms with Crippen LogP contribution in [0.2, 0.25) is 0 Å². The van der Waals surface area contributed by atoms with Gasteiger partial charge in [-0.15, -0.1) is 0 Å². The van der Waals surface area contributed by atoms with Crippen molar-refractivity contribution in [1.82, 2.24) is 4.98 Å². The summed E-state index contributed by atoms with van der Waals surface area (Å²) in [7, 11) is 2.16. The molecule has 0 bridgehead atoms. The summed E-state index contributed by atoms with van der Waals surface area (Å²) in [4.78, 5) is 6.72. The Bertz CT molecular complexity index is 357. The summed E-state index contributed by atoms with van der Waals surface area (Å²) >= 11 is 0. The second kappa shape index (κ2) is 6.19. The van der Waals surface area contributed by atoms with Crippen molar-refractivity contribution in [2.45, 2.75) is 57.6 Å². The maximum Gasteiger partial charge on any atom is 0.0957 e. The van der Waals surface area contributed by atoms with Gasteiger partial charge >= 0.3 is 0 Å². The normalized spacial score (nSPS) is 18.6. The van der Waals surface area contributed by atoms with E-state index < -0.39 is 6.10 Å². The monoisotopic (exact) mass is 248 g/mol. The molecule has 0 amide bonds. The number of aliphatic hydroxyl groups excluding tert-OH is 1. The van der Waals surface area contributed by atoms with Crippen LogP contribution in [-0.2, 0) is 0 Å². The summed E-state index contributed by atoms with van der Waals surface area (Å²) in [6, 6.07) is 4.68. The molecule has 1 N–H and O–H groups in total. The van der Waals surface area contributed by atoms with Gasteiger partial charge in [0.1, 0.15) is 0 Å². The van der Waals surface area contributed by atoms with E-state index in [0.717, 1.165) is 11.4 Å². The fourth-order valence-electron chi connectivity index (χ4n) is 2.69. The number of aliphatic hydroxyl groups is 1. The molecule has 2 rings (SSSR count). The van der Waals surface area contributed by atoms with E-state index in [-0.39, 0.29) is 0 Å². The van der Waals surface area contributed by atoms with Gasteiger partial charge in [0.15, 0.2) is 0 Å². The van der Waals surface area contributed by atoms with E-state index >= 15 is 0 Å². The topological polar surface area (TPSA) is 36.4 Å². The average Bonchev–Trinajstić information content (AvgIpc) is 2.47. The Morgan fingerprint density at radius 2 is 2.06 bits per heavy atom. The molecule has 1 aliphatic carbocycles. The zero-order valence-corrected chi connectivity index (χ0v) is 11.5. The van der Waals surface area contributed by atoms with Crippen molar-refractivity contribution < 1.29 is 5.11 Å². The van der Waals surface area contributed by atoms with E-state index in [1.165, 1.54) is 32.1 Å². The minimum Gasteiger partial charge on any atom is -0.387 e. The van der Waals surface area contributed by atoms with Crippen LogP contribution < -0.4 is 4.90 Å². The summed E-state index contributed by atoms with van der Waals surface area (Å²) < 4.78 is 0. The van der Waals surface area contributed by atoms with E-state index in [4.69, 9.17) is 0 Å². The van der Waals surface area contributed by atoms with E-state index in [0.29, 0.717) is 12.5 Å². The van der Waals surface area contributed by atoms with Gasteiger partial charge in [-0.05, 0) is 31.4 Å². The molecule has 3 nitrogen and oxygen atoms in total. The lowest BCUT2D eigenvalue weighted by atomic mass is 9.94. The van der Waals surface area contributed by atoms with E-state index in [2.05, 4.69) is 23.0 Å². The van der Waals surface area contributed by atoms with Gasteiger partial charge in [0, 0.05) is 13.1 Å². The third-order valence-corrected chi connectivity index (χ3v) is 4.03. The molecule has 0 spiro atoms. The lowest BCUT2D eigenvalue weighted by Gasteiger charge is -2.32. The molecule has 1 saturated carbocycles. The Morgan fingerprint density at radius 3 is 2.61 bits per heavy atom. The third-order valence-electron chi connectivity index (χ3n) is 4.03. The molecule has 3 heteroatoms. The molecule has 1 aromatic rings. The molecule has 0 radical (unpaired) electrons. The van der Waals surface area contributed by atoms with Crippen LogP contribution in [-0.4, -0.2) is 23.2 Å². The maximum atomic E-state index is 9.73. The Hall–Kier alpha value is -1.09. The number of aromatic nitrogens is 1. The van der Waals surface area contributed by atoms with Crippen LogP contribution in [0, 0.1) is 0 Å². The van der Waals surface area contributed by atoms with Gasteiger partial charge in [0.2, 0.25) is 0 Å². The lowest BCUT2D eigenvalue weighted by molar-refractivity contribution is 0.169. The van der Waals surface area contributed by atoms with E-state index in [1.54, 1.807) is 0 Å². The predicted octanol–water partition coefficient (Wildman–Crippen LogP) is 3.29. The summed E-state index contributed by atoms with van der Waals surface area (Å²) in [5.74, 6) is 0. The molecule has 1 atom stereocenters. The third kappa shape index (κ3) is 3.02. The summed E-state index contributed by atoms with van der Waals surface area (Å²) in [5.41, 5.74) is 1.94. The molecule has 0 aliphatic heterocycles. The van der Waals surface area contributed by atoms with Crippen LogP contribution in [0.15, 0.2) is 18.3 Å². The molecule has 1 heterocycles. The number of anilines is 1. The number of hydrogen-bond donors (Lipinski definition) is 1. The van der Waals surface area contributed by atoms with Crippen LogP contribution >= 0.6 is 0 Å². The molecule has 100 valence electrons. The van der Waals surface area contributed by atoms with E-state index in [9.17, 15) is 5.11 Å². The second-order valence-corrected chi connectivity index (χ2v) is 5.27. The zero-order chi connectivity index (χ0) is 13.0. The van der Waals surface area contributed by atoms with Gasteiger partial charge in [0.25, 0.3) is 0 Å². The van der Waals surface area contributed by atoms with Crippen LogP contribution in [0.25, 0.3) is 0 Å². The highest BCUT2D eigenvalue weighted by Gasteiger charge is 2.18. The predicted molar refractivity (Wildman–Crippen MR) is 74.8 cm³/mol. The van der Waals surface area contributed by atoms with Crippen LogP contribution in [0.1, 0.15) is 57.2 Å². The number of nitrogens with zero attached hydrogens (tertiary/aromatic N) is 2. The Balaban J connectivity index is 2.03. The van der Waals surface area contributed by atoms with Crippen LogP contribution in [0.5, 0.6) is 0 Å². The van der Waals surface area contributed by atoms with Crippen LogP contribution in [0.4, 0.5) is 5.69 Å². The van der Waals surface area contributed by atoms with Crippen molar-refractivity contribution in [3.8, 4) is 0 Å². The summed E-state index contributed by atoms with van der Waals surface area (Å²) in [5, 5.41) is 9.73. The van der Waals surface area contributed by atoms with Crippen molar-refractivity contribution in [3.05, 3.63) is 24.0 Å². The van der Waals surface area contributed by atoms with Gasteiger partial charge in [0.05, 0.1) is 23.7 Å². The second-order valence-electron chi connectivity index (χ2n) is 5.27. The average molecular weight is 248 g/mol. The zero-order valence-electron chi connectivity index (χ0n) is 11.5. The van der Waals surface area contributed by atoms with Crippen molar-refractivity contribution >= 4 is 5.69 Å². The van der Waals surface area contributed by atoms with E-state index in [1.807, 2.05) is 19.2 Å². The molecule has 1 aliphatic rings. The smallest absolute Gasteiger partial charge is 0.0957 e. The molecular weight excluding hydrogens is 224 g/mol. The van der Waals surface area contributed by atoms with Gasteiger partial charge < -0.3 is 10.0 Å². The first-order valence-electron chi connectivity index (χ1n) is 7.09. The fraction of sp³-hybridized carbons (Fsp3) is 0.667. The van der Waals surface area contributed by atoms with Gasteiger partial charge in [-0.2, -0.15) is 0 Å². The van der Waals surface area contributed by atoms with Crippen molar-refractivity contribution in [1.29, 1.82) is 0 Å². The Morgan fingerprint density at radius 1 is 1.33 bits per heavy atom. The lowest BCUT2D eigenvalue weighted by Crippen LogP contribution is -2.33. The number of hydrogen-bond acceptors (Lipinski definition) is 3. The highest BCUT2D eigenvalue weighted by atomic mass is 16.3. The first-order chi connectivity index (χ1) is 8.72. The first-order valence-corrected chi connectivity index (χ1v) is 7.09. The standard InChI is InChI=1S/C15H24N2O/c1-3-15(18)14-10-9-13(11-16-14)17(2)12-7-5-4-6-8-12/h9-12,15,18H,3-8H2,1-2H3. The molecule has 1 fully saturated rings. The fourth-order valence-corrected chi connectivity index (χ4v) is 2.69. The van der Waals surface area contributed by atoms with Crippen molar-refractivity contribution in [2.24, 2.45) is 0 Å². The Kier molecular flexibility index (Phi) is 4.59. The first kappa shape index (κ1) is 13.3. The van der Waals surface area contributed by atoms with Crippen molar-refractivity contribution in [3.63, 3.8) is 0 Å². The highest BCUT2D eigenvalue weighted by Crippen LogP contribution is 2.26. The summed E-state index contributed by atoms with van der Waals surface area (Å²) in [6.07, 6.45) is 8.81. The minimum atomic E-state index is -0.431. The molecular formula is C15H24N2O. The van der Waals surface area contributed by atoms with Gasteiger partial charge in [-0.3, -0.25) is 4.98 Å². The van der Waals surface area contributed by atoms with Crippen LogP contribution in [0.3, 0.4) is 0 Å². The van der Waals surface area contributed by atoms with Crippen molar-refractivity contribution in [2.75, 3.05) is 11.9 Å². The minimum absolute atomic E-state index is 0.431. The number of rotatable bonds is 4. The SMILES string of the molecule is CCC(O)c1ccc(N(C)C2CCCCC2)cn1. The maximum absolute atomic E-state index is 9.73. The highest BCUT2D eigenvalue weighted by molar-refractivity contribution is 5.45. The van der Waals surface area contributed by atoms with Gasteiger partial charge in [-0.1, -0.05) is 26.2 Å². The summed E-state index contributed by atoms with van der Waals surface area (Å²) in [6.45, 7) is 1.97.